The van der Waals surface area contributed by atoms with Gasteiger partial charge < -0.3 is 10.4 Å². The van der Waals surface area contributed by atoms with Gasteiger partial charge in [-0.15, -0.1) is 0 Å². The number of hydrogen-bond donors (Lipinski definition) is 2. The molecule has 2 aromatic carbocycles. The van der Waals surface area contributed by atoms with Crippen LogP contribution >= 0.6 is 0 Å². The first-order valence-electron chi connectivity index (χ1n) is 9.08. The van der Waals surface area contributed by atoms with E-state index in [1.54, 1.807) is 4.57 Å². The van der Waals surface area contributed by atoms with E-state index in [0.29, 0.717) is 11.5 Å². The van der Waals surface area contributed by atoms with Gasteiger partial charge in [0.15, 0.2) is 11.1 Å². The molecule has 6 nitrogen and oxygen atoms in total. The first kappa shape index (κ1) is 19.1. The summed E-state index contributed by atoms with van der Waals surface area (Å²) in [6, 6.07) is 20.9. The number of carboxylic acid groups (broad SMARTS) is 1. The molecule has 0 radical (unpaired) electrons. The summed E-state index contributed by atoms with van der Waals surface area (Å²) in [4.78, 5) is 27.9. The number of para-hydroxylation sites is 2. The van der Waals surface area contributed by atoms with Gasteiger partial charge in [0, 0.05) is 23.5 Å². The number of carbonyl (C=O) groups is 1. The Morgan fingerprint density at radius 2 is 1.70 bits per heavy atom. The number of aromatic nitrogens is 2. The van der Waals surface area contributed by atoms with E-state index in [1.165, 1.54) is 6.07 Å². The molecule has 4 rings (SSSR count). The van der Waals surface area contributed by atoms with Gasteiger partial charge in [-0.3, -0.25) is 9.36 Å². The Labute approximate surface area is 170 Å². The minimum Gasteiger partial charge on any atom is -0.478 e. The van der Waals surface area contributed by atoms with Gasteiger partial charge in [-0.1, -0.05) is 36.4 Å². The number of halogens is 1. The lowest BCUT2D eigenvalue weighted by molar-refractivity contribution is -0.131. The van der Waals surface area contributed by atoms with Crippen LogP contribution in [-0.4, -0.2) is 20.6 Å². The molecule has 0 aliphatic heterocycles. The highest BCUT2D eigenvalue weighted by Gasteiger charge is 2.15. The summed E-state index contributed by atoms with van der Waals surface area (Å²) in [6.07, 6.45) is 1.86. The van der Waals surface area contributed by atoms with Gasteiger partial charge >= 0.3 is 5.97 Å². The molecule has 0 unspecified atom stereocenters. The minimum absolute atomic E-state index is 0.0856. The molecule has 2 aromatic heterocycles. The molecule has 0 saturated carbocycles. The van der Waals surface area contributed by atoms with E-state index in [1.807, 2.05) is 60.7 Å². The zero-order valence-corrected chi connectivity index (χ0v) is 15.6. The summed E-state index contributed by atoms with van der Waals surface area (Å²) < 4.78 is 16.2. The second-order valence-corrected chi connectivity index (χ2v) is 6.45. The molecular formula is C23H16FN3O3. The van der Waals surface area contributed by atoms with Crippen LogP contribution in [-0.2, 0) is 4.79 Å². The topological polar surface area (TPSA) is 84.2 Å². The molecule has 0 bridgehead atoms. The maximum Gasteiger partial charge on any atom is 0.328 e. The van der Waals surface area contributed by atoms with Crippen LogP contribution in [0, 0.1) is 5.82 Å². The third kappa shape index (κ3) is 3.81. The number of fused-ring (bicyclic) bond motifs is 1. The largest absolute Gasteiger partial charge is 0.478 e. The zero-order chi connectivity index (χ0) is 21.1. The Kier molecular flexibility index (Phi) is 5.09. The van der Waals surface area contributed by atoms with Crippen molar-refractivity contribution in [3.8, 4) is 5.69 Å². The van der Waals surface area contributed by atoms with Crippen molar-refractivity contribution in [3.05, 3.63) is 101 Å². The average molecular weight is 401 g/mol. The molecule has 4 aromatic rings. The molecule has 0 fully saturated rings. The van der Waals surface area contributed by atoms with Crippen molar-refractivity contribution in [2.75, 3.05) is 5.32 Å². The van der Waals surface area contributed by atoms with Gasteiger partial charge in [0.2, 0.25) is 0 Å². The quantitative estimate of drug-likeness (QED) is 0.485. The SMILES string of the molecule is O=C(O)/C=C/c1nc2c(cc1F)c(=O)cc(Nc1ccccc1)n2-c1ccccc1. The van der Waals surface area contributed by atoms with Gasteiger partial charge in [-0.2, -0.15) is 0 Å². The molecule has 0 aliphatic rings. The Balaban J connectivity index is 2.02. The maximum absolute atomic E-state index is 14.5. The summed E-state index contributed by atoms with van der Waals surface area (Å²) in [5.74, 6) is -1.56. The highest BCUT2D eigenvalue weighted by atomic mass is 19.1. The van der Waals surface area contributed by atoms with E-state index >= 15 is 0 Å². The standard InChI is InChI=1S/C23H16FN3O3/c24-18-13-17-20(28)14-21(25-15-7-3-1-4-8-15)27(16-9-5-2-6-10-16)23(17)26-19(18)11-12-22(29)30/h1-14,25H,(H,29,30)/b12-11+. The van der Waals surface area contributed by atoms with E-state index in [-0.39, 0.29) is 16.7 Å². The number of aliphatic carboxylic acids is 1. The Morgan fingerprint density at radius 3 is 2.37 bits per heavy atom. The number of hydrogen-bond acceptors (Lipinski definition) is 4. The summed E-state index contributed by atoms with van der Waals surface area (Å²) in [5, 5.41) is 12.2. The monoisotopic (exact) mass is 401 g/mol. The summed E-state index contributed by atoms with van der Waals surface area (Å²) in [5.41, 5.74) is 1.09. The third-order valence-corrected chi connectivity index (χ3v) is 4.41. The number of anilines is 2. The van der Waals surface area contributed by atoms with Gasteiger partial charge in [-0.25, -0.2) is 14.2 Å². The fraction of sp³-hybridized carbons (Fsp3) is 0. The number of nitrogens with zero attached hydrogens (tertiary/aromatic N) is 2. The Hall–Kier alpha value is -4.26. The smallest absolute Gasteiger partial charge is 0.328 e. The number of rotatable bonds is 5. The van der Waals surface area contributed by atoms with Crippen molar-refractivity contribution in [1.82, 2.24) is 9.55 Å². The molecular weight excluding hydrogens is 385 g/mol. The third-order valence-electron chi connectivity index (χ3n) is 4.41. The maximum atomic E-state index is 14.5. The molecule has 148 valence electrons. The Morgan fingerprint density at radius 1 is 1.03 bits per heavy atom. The summed E-state index contributed by atoms with van der Waals surface area (Å²) >= 11 is 0. The van der Waals surface area contributed by atoms with Crippen LogP contribution in [0.25, 0.3) is 22.8 Å². The molecule has 0 spiro atoms. The number of benzene rings is 2. The van der Waals surface area contributed by atoms with Crippen LogP contribution in [0.4, 0.5) is 15.9 Å². The number of carboxylic acids is 1. The lowest BCUT2D eigenvalue weighted by Gasteiger charge is -2.18. The van der Waals surface area contributed by atoms with Crippen LogP contribution in [0.5, 0.6) is 0 Å². The van der Waals surface area contributed by atoms with Crippen molar-refractivity contribution in [2.24, 2.45) is 0 Å². The fourth-order valence-electron chi connectivity index (χ4n) is 3.09. The number of pyridine rings is 2. The van der Waals surface area contributed by atoms with Crippen LogP contribution in [0.2, 0.25) is 0 Å². The van der Waals surface area contributed by atoms with E-state index in [4.69, 9.17) is 5.11 Å². The predicted octanol–water partition coefficient (Wildman–Crippen LogP) is 4.37. The van der Waals surface area contributed by atoms with Crippen LogP contribution in [0.3, 0.4) is 0 Å². The van der Waals surface area contributed by atoms with Gasteiger partial charge in [0.1, 0.15) is 17.3 Å². The molecule has 2 heterocycles. The van der Waals surface area contributed by atoms with Crippen molar-refractivity contribution >= 4 is 34.6 Å². The van der Waals surface area contributed by atoms with Crippen molar-refractivity contribution in [2.45, 2.75) is 0 Å². The van der Waals surface area contributed by atoms with E-state index in [2.05, 4.69) is 10.3 Å². The van der Waals surface area contributed by atoms with Crippen LogP contribution in [0.1, 0.15) is 5.69 Å². The molecule has 0 saturated heterocycles. The average Bonchev–Trinajstić information content (AvgIpc) is 2.74. The predicted molar refractivity (Wildman–Crippen MR) is 114 cm³/mol. The number of nitrogens with one attached hydrogen (secondary N) is 1. The zero-order valence-electron chi connectivity index (χ0n) is 15.6. The molecule has 0 amide bonds. The van der Waals surface area contributed by atoms with Gasteiger partial charge in [0.05, 0.1) is 5.39 Å². The molecule has 7 heteroatoms. The van der Waals surface area contributed by atoms with Crippen LogP contribution < -0.4 is 10.7 Å². The lowest BCUT2D eigenvalue weighted by atomic mass is 10.2. The molecule has 0 aliphatic carbocycles. The highest BCUT2D eigenvalue weighted by molar-refractivity contribution is 5.86. The second kappa shape index (κ2) is 8.00. The summed E-state index contributed by atoms with van der Waals surface area (Å²) in [7, 11) is 0. The van der Waals surface area contributed by atoms with Crippen LogP contribution in [0.15, 0.2) is 83.7 Å². The van der Waals surface area contributed by atoms with E-state index < -0.39 is 17.2 Å². The molecule has 30 heavy (non-hydrogen) atoms. The van der Waals surface area contributed by atoms with Crippen molar-refractivity contribution in [3.63, 3.8) is 0 Å². The fourth-order valence-corrected chi connectivity index (χ4v) is 3.09. The first-order valence-corrected chi connectivity index (χ1v) is 9.08. The normalized spacial score (nSPS) is 11.1. The van der Waals surface area contributed by atoms with Crippen molar-refractivity contribution in [1.29, 1.82) is 0 Å². The first-order chi connectivity index (χ1) is 14.5. The van der Waals surface area contributed by atoms with Crippen molar-refractivity contribution < 1.29 is 14.3 Å². The van der Waals surface area contributed by atoms with E-state index in [9.17, 15) is 14.0 Å². The van der Waals surface area contributed by atoms with Gasteiger partial charge in [0.25, 0.3) is 0 Å². The Bertz CT molecular complexity index is 1320. The molecule has 2 N–H and O–H groups in total. The lowest BCUT2D eigenvalue weighted by Crippen LogP contribution is -2.14. The minimum atomic E-state index is -1.23. The molecule has 0 atom stereocenters. The van der Waals surface area contributed by atoms with E-state index in [0.717, 1.165) is 23.9 Å². The van der Waals surface area contributed by atoms with Gasteiger partial charge in [-0.05, 0) is 36.4 Å². The summed E-state index contributed by atoms with van der Waals surface area (Å²) in [6.45, 7) is 0. The second-order valence-electron chi connectivity index (χ2n) is 6.45. The highest BCUT2D eigenvalue weighted by Crippen LogP contribution is 2.25.